The van der Waals surface area contributed by atoms with Gasteiger partial charge in [0.2, 0.25) is 0 Å². The van der Waals surface area contributed by atoms with Gasteiger partial charge in [-0.1, -0.05) is 78.6 Å². The van der Waals surface area contributed by atoms with Crippen molar-refractivity contribution < 1.29 is 8.78 Å². The Hall–Kier alpha value is -0.920. The fourth-order valence-electron chi connectivity index (χ4n) is 6.70. The van der Waals surface area contributed by atoms with Gasteiger partial charge in [-0.25, -0.2) is 8.78 Å². The van der Waals surface area contributed by atoms with Crippen molar-refractivity contribution >= 4 is 0 Å². The van der Waals surface area contributed by atoms with E-state index in [4.69, 9.17) is 0 Å². The second-order valence-corrected chi connectivity index (χ2v) is 11.3. The zero-order valence-corrected chi connectivity index (χ0v) is 21.1. The van der Waals surface area contributed by atoms with Crippen LogP contribution in [0.2, 0.25) is 0 Å². The van der Waals surface area contributed by atoms with E-state index in [2.05, 4.69) is 20.8 Å². The molecule has 1 aromatic rings. The van der Waals surface area contributed by atoms with Gasteiger partial charge in [0.15, 0.2) is 0 Å². The van der Waals surface area contributed by atoms with Crippen LogP contribution in [-0.4, -0.2) is 0 Å². The first-order valence-corrected chi connectivity index (χ1v) is 14.0. The van der Waals surface area contributed by atoms with Crippen molar-refractivity contribution in [3.05, 3.63) is 34.9 Å². The molecule has 2 aliphatic rings. The van der Waals surface area contributed by atoms with Gasteiger partial charge >= 0.3 is 0 Å². The molecule has 32 heavy (non-hydrogen) atoms. The van der Waals surface area contributed by atoms with Crippen LogP contribution in [0.4, 0.5) is 8.78 Å². The zero-order chi connectivity index (χ0) is 22.9. The Morgan fingerprint density at radius 3 is 1.94 bits per heavy atom. The Morgan fingerprint density at radius 1 is 0.781 bits per heavy atom. The lowest BCUT2D eigenvalue weighted by Crippen LogP contribution is -2.25. The Labute approximate surface area is 197 Å². The normalized spacial score (nSPS) is 27.4. The van der Waals surface area contributed by atoms with Crippen LogP contribution in [0.15, 0.2) is 12.1 Å². The zero-order valence-electron chi connectivity index (χ0n) is 21.1. The molecule has 0 spiro atoms. The van der Waals surface area contributed by atoms with E-state index in [9.17, 15) is 8.78 Å². The van der Waals surface area contributed by atoms with Crippen LogP contribution in [0, 0.1) is 35.3 Å². The van der Waals surface area contributed by atoms with Gasteiger partial charge in [-0.2, -0.15) is 0 Å². The molecule has 0 N–H and O–H groups in total. The second kappa shape index (κ2) is 13.1. The largest absolute Gasteiger partial charge is 0.207 e. The summed E-state index contributed by atoms with van der Waals surface area (Å²) < 4.78 is 29.8. The number of unbranched alkanes of at least 4 members (excludes halogenated alkanes) is 3. The fourth-order valence-corrected chi connectivity index (χ4v) is 6.70. The third-order valence-corrected chi connectivity index (χ3v) is 8.76. The van der Waals surface area contributed by atoms with E-state index in [-0.39, 0.29) is 11.6 Å². The summed E-state index contributed by atoms with van der Waals surface area (Å²) in [6.45, 7) is 6.65. The molecule has 0 amide bonds. The maximum atomic E-state index is 14.9. The fraction of sp³-hybridized carbons (Fsp3) is 0.800. The Bertz CT molecular complexity index is 642. The number of hydrogen-bond acceptors (Lipinski definition) is 0. The second-order valence-electron chi connectivity index (χ2n) is 11.3. The van der Waals surface area contributed by atoms with E-state index < -0.39 is 0 Å². The highest BCUT2D eigenvalue weighted by Gasteiger charge is 2.31. The average Bonchev–Trinajstić information content (AvgIpc) is 2.80. The topological polar surface area (TPSA) is 0 Å². The van der Waals surface area contributed by atoms with Gasteiger partial charge in [0.1, 0.15) is 11.6 Å². The van der Waals surface area contributed by atoms with Crippen LogP contribution < -0.4 is 0 Å². The molecule has 0 aliphatic heterocycles. The lowest BCUT2D eigenvalue weighted by molar-refractivity contribution is 0.156. The van der Waals surface area contributed by atoms with Gasteiger partial charge in [0.05, 0.1) is 0 Å². The summed E-state index contributed by atoms with van der Waals surface area (Å²) in [6.07, 6.45) is 19.6. The molecule has 2 saturated carbocycles. The minimum absolute atomic E-state index is 0.309. The summed E-state index contributed by atoms with van der Waals surface area (Å²) in [4.78, 5) is 0. The molecule has 0 radical (unpaired) electrons. The van der Waals surface area contributed by atoms with Crippen molar-refractivity contribution in [3.63, 3.8) is 0 Å². The van der Waals surface area contributed by atoms with Crippen molar-refractivity contribution in [1.82, 2.24) is 0 Å². The predicted octanol–water partition coefficient (Wildman–Crippen LogP) is 9.99. The molecular formula is C30H48F2. The highest BCUT2D eigenvalue weighted by molar-refractivity contribution is 5.29. The highest BCUT2D eigenvalue weighted by atomic mass is 19.1. The summed E-state index contributed by atoms with van der Waals surface area (Å²) in [7, 11) is 0. The third kappa shape index (κ3) is 7.29. The molecular weight excluding hydrogens is 398 g/mol. The van der Waals surface area contributed by atoms with Crippen LogP contribution in [0.1, 0.15) is 134 Å². The molecule has 3 rings (SSSR count). The minimum atomic E-state index is -0.309. The van der Waals surface area contributed by atoms with Crippen molar-refractivity contribution in [1.29, 1.82) is 0 Å². The van der Waals surface area contributed by atoms with Crippen molar-refractivity contribution in [2.75, 3.05) is 0 Å². The smallest absolute Gasteiger partial charge is 0.129 e. The summed E-state index contributed by atoms with van der Waals surface area (Å²) in [5, 5.41) is 0. The quantitative estimate of drug-likeness (QED) is 0.297. The number of benzene rings is 1. The van der Waals surface area contributed by atoms with Crippen LogP contribution in [0.3, 0.4) is 0 Å². The number of rotatable bonds is 11. The molecule has 1 atom stereocenters. The minimum Gasteiger partial charge on any atom is -0.207 e. The molecule has 1 unspecified atom stereocenters. The van der Waals surface area contributed by atoms with E-state index in [0.29, 0.717) is 23.8 Å². The SMILES string of the molecule is CCCCCCC(C)Cc1c(F)cc(C2CCC(C3CCC(CCC)CC3)CC2)cc1F. The molecule has 0 saturated heterocycles. The molecule has 0 nitrogen and oxygen atoms in total. The Kier molecular flexibility index (Phi) is 10.5. The Morgan fingerprint density at radius 2 is 1.38 bits per heavy atom. The molecule has 2 fully saturated rings. The van der Waals surface area contributed by atoms with E-state index in [0.717, 1.165) is 42.6 Å². The summed E-state index contributed by atoms with van der Waals surface area (Å²) in [5.74, 6) is 2.77. The van der Waals surface area contributed by atoms with Gasteiger partial charge in [-0.3, -0.25) is 0 Å². The monoisotopic (exact) mass is 446 g/mol. The van der Waals surface area contributed by atoms with E-state index >= 15 is 0 Å². The van der Waals surface area contributed by atoms with Crippen molar-refractivity contribution in [2.24, 2.45) is 23.7 Å². The van der Waals surface area contributed by atoms with Crippen molar-refractivity contribution in [2.45, 2.75) is 129 Å². The maximum Gasteiger partial charge on any atom is 0.129 e. The molecule has 0 bridgehead atoms. The third-order valence-electron chi connectivity index (χ3n) is 8.76. The summed E-state index contributed by atoms with van der Waals surface area (Å²) in [5.41, 5.74) is 1.22. The highest BCUT2D eigenvalue weighted by Crippen LogP contribution is 2.44. The molecule has 182 valence electrons. The van der Waals surface area contributed by atoms with Gasteiger partial charge in [0, 0.05) is 5.56 Å². The van der Waals surface area contributed by atoms with Gasteiger partial charge in [0.25, 0.3) is 0 Å². The summed E-state index contributed by atoms with van der Waals surface area (Å²) in [6, 6.07) is 3.34. The van der Waals surface area contributed by atoms with Gasteiger partial charge in [-0.05, 0) is 92.2 Å². The maximum absolute atomic E-state index is 14.9. The van der Waals surface area contributed by atoms with E-state index in [1.807, 2.05) is 0 Å². The van der Waals surface area contributed by atoms with Crippen LogP contribution in [-0.2, 0) is 6.42 Å². The molecule has 2 heteroatoms. The summed E-state index contributed by atoms with van der Waals surface area (Å²) >= 11 is 0. The lowest BCUT2D eigenvalue weighted by Gasteiger charge is -2.38. The lowest BCUT2D eigenvalue weighted by atomic mass is 9.68. The first-order valence-electron chi connectivity index (χ1n) is 14.0. The number of halogens is 2. The Balaban J connectivity index is 1.49. The van der Waals surface area contributed by atoms with Crippen LogP contribution in [0.5, 0.6) is 0 Å². The first kappa shape index (κ1) is 25.7. The first-order chi connectivity index (χ1) is 15.5. The molecule has 0 heterocycles. The van der Waals surface area contributed by atoms with Gasteiger partial charge in [-0.15, -0.1) is 0 Å². The number of hydrogen-bond donors (Lipinski definition) is 0. The van der Waals surface area contributed by atoms with E-state index in [1.165, 1.54) is 77.0 Å². The van der Waals surface area contributed by atoms with Crippen molar-refractivity contribution in [3.8, 4) is 0 Å². The van der Waals surface area contributed by atoms with Gasteiger partial charge < -0.3 is 0 Å². The van der Waals surface area contributed by atoms with Crippen LogP contribution in [0.25, 0.3) is 0 Å². The standard InChI is InChI=1S/C30H48F2/c1-4-6-7-8-10-22(3)19-28-29(31)20-27(21-30(28)32)26-17-15-25(16-18-26)24-13-11-23(9-5-2)12-14-24/h20-26H,4-19H2,1-3H3. The molecule has 0 aromatic heterocycles. The average molecular weight is 447 g/mol. The van der Waals surface area contributed by atoms with Crippen LogP contribution >= 0.6 is 0 Å². The predicted molar refractivity (Wildman–Crippen MR) is 133 cm³/mol. The molecule has 2 aliphatic carbocycles. The van der Waals surface area contributed by atoms with E-state index in [1.54, 1.807) is 12.1 Å². The molecule has 1 aromatic carbocycles.